The predicted octanol–water partition coefficient (Wildman–Crippen LogP) is 1.84. The standard InChI is InChI=1S/C16H15FN4O4S/c1-10-15(11(2)25-19-10)26(23,24)20-18-16(22)14-4-3-9-21(14)13-7-5-12(17)6-8-13/h3-9,20H,1-2H3,(H,18,22). The number of benzene rings is 1. The van der Waals surface area contributed by atoms with Gasteiger partial charge in [0, 0.05) is 11.9 Å². The fraction of sp³-hybridized carbons (Fsp3) is 0.125. The topological polar surface area (TPSA) is 106 Å². The molecule has 0 spiro atoms. The second-order valence-corrected chi connectivity index (χ2v) is 7.07. The molecule has 3 rings (SSSR count). The van der Waals surface area contributed by atoms with Gasteiger partial charge in [0.1, 0.15) is 22.1 Å². The van der Waals surface area contributed by atoms with Crippen LogP contribution in [0.3, 0.4) is 0 Å². The minimum atomic E-state index is -4.04. The smallest absolute Gasteiger partial charge is 0.283 e. The zero-order chi connectivity index (χ0) is 18.9. The molecule has 0 aliphatic heterocycles. The van der Waals surface area contributed by atoms with Crippen molar-refractivity contribution < 1.29 is 22.1 Å². The number of hydrogen-bond acceptors (Lipinski definition) is 5. The molecule has 1 amide bonds. The largest absolute Gasteiger partial charge is 0.360 e. The first-order valence-electron chi connectivity index (χ1n) is 7.48. The van der Waals surface area contributed by atoms with E-state index in [9.17, 15) is 17.6 Å². The summed E-state index contributed by atoms with van der Waals surface area (Å²) in [6, 6.07) is 8.64. The van der Waals surface area contributed by atoms with Crippen molar-refractivity contribution in [2.24, 2.45) is 0 Å². The minimum absolute atomic E-state index is 0.110. The first-order chi connectivity index (χ1) is 12.3. The Morgan fingerprint density at radius 1 is 1.19 bits per heavy atom. The third-order valence-electron chi connectivity index (χ3n) is 3.62. The Morgan fingerprint density at radius 2 is 1.88 bits per heavy atom. The lowest BCUT2D eigenvalue weighted by atomic mass is 10.3. The number of sulfonamides is 1. The Balaban J connectivity index is 1.80. The monoisotopic (exact) mass is 378 g/mol. The Bertz CT molecular complexity index is 1030. The molecule has 136 valence electrons. The van der Waals surface area contributed by atoms with E-state index < -0.39 is 21.7 Å². The first kappa shape index (κ1) is 17.8. The summed E-state index contributed by atoms with van der Waals surface area (Å²) in [7, 11) is -4.04. The molecule has 2 aromatic heterocycles. The van der Waals surface area contributed by atoms with Crippen molar-refractivity contribution >= 4 is 15.9 Å². The van der Waals surface area contributed by atoms with Crippen LogP contribution in [0, 0.1) is 19.7 Å². The van der Waals surface area contributed by atoms with Gasteiger partial charge in [-0.3, -0.25) is 10.2 Å². The van der Waals surface area contributed by atoms with Gasteiger partial charge in [0.2, 0.25) is 0 Å². The van der Waals surface area contributed by atoms with Crippen LogP contribution in [-0.4, -0.2) is 24.0 Å². The summed E-state index contributed by atoms with van der Waals surface area (Å²) in [6.45, 7) is 2.93. The van der Waals surface area contributed by atoms with Crippen molar-refractivity contribution in [3.8, 4) is 5.69 Å². The van der Waals surface area contributed by atoms with Gasteiger partial charge in [-0.1, -0.05) is 5.16 Å². The molecule has 0 fully saturated rings. The quantitative estimate of drug-likeness (QED) is 0.659. The summed E-state index contributed by atoms with van der Waals surface area (Å²) in [5.41, 5.74) is 3.04. The average Bonchev–Trinajstić information content (AvgIpc) is 3.20. The third-order valence-corrected chi connectivity index (χ3v) is 5.11. The summed E-state index contributed by atoms with van der Waals surface area (Å²) in [5, 5.41) is 3.58. The molecule has 0 radical (unpaired) electrons. The number of hydrogen-bond donors (Lipinski definition) is 2. The van der Waals surface area contributed by atoms with Crippen LogP contribution in [0.15, 0.2) is 52.0 Å². The van der Waals surface area contributed by atoms with E-state index in [-0.39, 0.29) is 22.0 Å². The molecule has 0 aliphatic rings. The van der Waals surface area contributed by atoms with Crippen molar-refractivity contribution in [1.29, 1.82) is 0 Å². The molecular formula is C16H15FN4O4S. The highest BCUT2D eigenvalue weighted by molar-refractivity contribution is 7.89. The number of nitrogens with one attached hydrogen (secondary N) is 2. The Labute approximate surface area is 148 Å². The Hall–Kier alpha value is -2.98. The van der Waals surface area contributed by atoms with E-state index in [0.717, 1.165) is 0 Å². The highest BCUT2D eigenvalue weighted by Crippen LogP contribution is 2.18. The minimum Gasteiger partial charge on any atom is -0.360 e. The lowest BCUT2D eigenvalue weighted by molar-refractivity contribution is 0.0938. The van der Waals surface area contributed by atoms with Crippen LogP contribution in [0.1, 0.15) is 21.9 Å². The van der Waals surface area contributed by atoms with E-state index >= 15 is 0 Å². The summed E-state index contributed by atoms with van der Waals surface area (Å²) in [6.07, 6.45) is 1.60. The zero-order valence-corrected chi connectivity index (χ0v) is 14.7. The van der Waals surface area contributed by atoms with E-state index in [0.29, 0.717) is 5.69 Å². The fourth-order valence-corrected chi connectivity index (χ4v) is 3.65. The van der Waals surface area contributed by atoms with Crippen molar-refractivity contribution in [2.45, 2.75) is 18.7 Å². The summed E-state index contributed by atoms with van der Waals surface area (Å²) in [4.78, 5) is 14.3. The summed E-state index contributed by atoms with van der Waals surface area (Å²) in [5.74, 6) is -0.979. The summed E-state index contributed by atoms with van der Waals surface area (Å²) >= 11 is 0. The number of amides is 1. The van der Waals surface area contributed by atoms with Crippen LogP contribution in [0.4, 0.5) is 4.39 Å². The third kappa shape index (κ3) is 3.37. The van der Waals surface area contributed by atoms with Crippen molar-refractivity contribution in [2.75, 3.05) is 0 Å². The van der Waals surface area contributed by atoms with Gasteiger partial charge in [-0.05, 0) is 50.2 Å². The SMILES string of the molecule is Cc1noc(C)c1S(=O)(=O)NNC(=O)c1cccn1-c1ccc(F)cc1. The van der Waals surface area contributed by atoms with Crippen LogP contribution in [0.5, 0.6) is 0 Å². The van der Waals surface area contributed by atoms with Gasteiger partial charge >= 0.3 is 0 Å². The van der Waals surface area contributed by atoms with E-state index in [1.807, 2.05) is 4.83 Å². The van der Waals surface area contributed by atoms with Gasteiger partial charge < -0.3 is 9.09 Å². The average molecular weight is 378 g/mol. The van der Waals surface area contributed by atoms with Crippen LogP contribution in [0.25, 0.3) is 5.69 Å². The number of nitrogens with zero attached hydrogens (tertiary/aromatic N) is 2. The molecule has 0 bridgehead atoms. The molecular weight excluding hydrogens is 363 g/mol. The molecule has 8 nitrogen and oxygen atoms in total. The maximum Gasteiger partial charge on any atom is 0.283 e. The van der Waals surface area contributed by atoms with Gasteiger partial charge in [-0.25, -0.2) is 12.8 Å². The maximum absolute atomic E-state index is 13.1. The fourth-order valence-electron chi connectivity index (χ4n) is 2.48. The lowest BCUT2D eigenvalue weighted by Gasteiger charge is -2.11. The number of aryl methyl sites for hydroxylation is 2. The van der Waals surface area contributed by atoms with E-state index in [1.165, 1.54) is 48.7 Å². The van der Waals surface area contributed by atoms with Crippen LogP contribution < -0.4 is 10.3 Å². The molecule has 1 aromatic carbocycles. The van der Waals surface area contributed by atoms with Crippen molar-refractivity contribution in [3.63, 3.8) is 0 Å². The Kier molecular flexibility index (Phi) is 4.62. The normalized spacial score (nSPS) is 11.5. The Morgan fingerprint density at radius 3 is 2.50 bits per heavy atom. The van der Waals surface area contributed by atoms with Gasteiger partial charge in [-0.15, -0.1) is 4.83 Å². The number of hydrazine groups is 1. The van der Waals surface area contributed by atoms with Crippen molar-refractivity contribution in [1.82, 2.24) is 20.0 Å². The predicted molar refractivity (Wildman–Crippen MR) is 89.5 cm³/mol. The highest BCUT2D eigenvalue weighted by atomic mass is 32.2. The molecule has 10 heteroatoms. The van der Waals surface area contributed by atoms with E-state index in [1.54, 1.807) is 12.3 Å². The number of aromatic nitrogens is 2. The number of carbonyl (C=O) groups excluding carboxylic acids is 1. The lowest BCUT2D eigenvalue weighted by Crippen LogP contribution is -2.42. The van der Waals surface area contributed by atoms with Crippen LogP contribution in [0.2, 0.25) is 0 Å². The first-order valence-corrected chi connectivity index (χ1v) is 8.96. The van der Waals surface area contributed by atoms with Gasteiger partial charge in [0.05, 0.1) is 0 Å². The zero-order valence-electron chi connectivity index (χ0n) is 13.9. The maximum atomic E-state index is 13.1. The second-order valence-electron chi connectivity index (χ2n) is 5.45. The van der Waals surface area contributed by atoms with E-state index in [2.05, 4.69) is 10.6 Å². The molecule has 2 N–H and O–H groups in total. The number of carbonyl (C=O) groups is 1. The molecule has 26 heavy (non-hydrogen) atoms. The molecule has 0 unspecified atom stereocenters. The molecule has 3 aromatic rings. The molecule has 2 heterocycles. The van der Waals surface area contributed by atoms with Gasteiger partial charge in [0.25, 0.3) is 15.9 Å². The van der Waals surface area contributed by atoms with Crippen LogP contribution >= 0.6 is 0 Å². The highest BCUT2D eigenvalue weighted by Gasteiger charge is 2.25. The summed E-state index contributed by atoms with van der Waals surface area (Å²) < 4.78 is 44.0. The van der Waals surface area contributed by atoms with Gasteiger partial charge in [0.15, 0.2) is 5.76 Å². The molecule has 0 atom stereocenters. The van der Waals surface area contributed by atoms with Gasteiger partial charge in [-0.2, -0.15) is 0 Å². The van der Waals surface area contributed by atoms with Crippen LogP contribution in [-0.2, 0) is 10.0 Å². The van der Waals surface area contributed by atoms with Crippen molar-refractivity contribution in [3.05, 3.63) is 65.6 Å². The van der Waals surface area contributed by atoms with E-state index in [4.69, 9.17) is 4.52 Å². The number of halogens is 1. The number of rotatable bonds is 5. The molecule has 0 aliphatic carbocycles. The molecule has 0 saturated heterocycles. The second kappa shape index (κ2) is 6.73. The molecule has 0 saturated carbocycles.